The van der Waals surface area contributed by atoms with E-state index in [4.69, 9.17) is 4.74 Å². The largest absolute Gasteiger partial charge is 0.368 e. The van der Waals surface area contributed by atoms with Crippen molar-refractivity contribution in [3.63, 3.8) is 0 Å². The number of benzene rings is 1. The lowest BCUT2D eigenvalue weighted by Crippen LogP contribution is -2.62. The summed E-state index contributed by atoms with van der Waals surface area (Å²) in [7, 11) is 0. The summed E-state index contributed by atoms with van der Waals surface area (Å²) in [5, 5.41) is 5.84. The predicted molar refractivity (Wildman–Crippen MR) is 104 cm³/mol. The summed E-state index contributed by atoms with van der Waals surface area (Å²) in [6.45, 7) is 7.72. The summed E-state index contributed by atoms with van der Waals surface area (Å²) >= 11 is 0. The minimum absolute atomic E-state index is 0.00821. The fraction of sp³-hybridized carbons (Fsp3) is 0.571. The Kier molecular flexibility index (Phi) is 4.65. The average Bonchev–Trinajstić information content (AvgIpc) is 3.14. The Labute approximate surface area is 164 Å². The second-order valence-electron chi connectivity index (χ2n) is 8.84. The topological polar surface area (TPSA) is 87.7 Å². The molecule has 2 N–H and O–H groups in total. The van der Waals surface area contributed by atoms with Crippen LogP contribution in [-0.2, 0) is 14.3 Å². The minimum atomic E-state index is -0.396. The number of anilines is 1. The van der Waals surface area contributed by atoms with Gasteiger partial charge in [-0.15, -0.1) is 0 Å². The Morgan fingerprint density at radius 3 is 2.71 bits per heavy atom. The SMILES string of the molecule is CCC1C(=O)Nc2ccc(C(=O)N3CC(NC(=O)C4CC(C)(C)CO4)C3)cc21. The molecule has 2 unspecified atom stereocenters. The molecule has 1 aromatic carbocycles. The molecular weight excluding hydrogens is 358 g/mol. The smallest absolute Gasteiger partial charge is 0.254 e. The molecule has 0 bridgehead atoms. The molecule has 2 atom stereocenters. The van der Waals surface area contributed by atoms with E-state index in [0.717, 1.165) is 11.3 Å². The van der Waals surface area contributed by atoms with E-state index in [-0.39, 0.29) is 35.1 Å². The summed E-state index contributed by atoms with van der Waals surface area (Å²) < 4.78 is 5.59. The zero-order valence-electron chi connectivity index (χ0n) is 16.6. The number of nitrogens with zero attached hydrogens (tertiary/aromatic N) is 1. The summed E-state index contributed by atoms with van der Waals surface area (Å²) in [5.41, 5.74) is 2.30. The fourth-order valence-electron chi connectivity index (χ4n) is 4.19. The van der Waals surface area contributed by atoms with Crippen LogP contribution < -0.4 is 10.6 Å². The zero-order valence-corrected chi connectivity index (χ0v) is 16.6. The monoisotopic (exact) mass is 385 g/mol. The number of likely N-dealkylation sites (tertiary alicyclic amines) is 1. The zero-order chi connectivity index (χ0) is 20.1. The Hall–Kier alpha value is -2.41. The molecule has 3 amide bonds. The van der Waals surface area contributed by atoms with E-state index in [1.165, 1.54) is 0 Å². The maximum atomic E-state index is 12.8. The number of amides is 3. The lowest BCUT2D eigenvalue weighted by molar-refractivity contribution is -0.131. The Morgan fingerprint density at radius 2 is 2.07 bits per heavy atom. The van der Waals surface area contributed by atoms with Crippen molar-refractivity contribution in [2.75, 3.05) is 25.0 Å². The normalized spacial score (nSPS) is 25.8. The third-order valence-corrected chi connectivity index (χ3v) is 5.88. The van der Waals surface area contributed by atoms with Crippen molar-refractivity contribution >= 4 is 23.4 Å². The lowest BCUT2D eigenvalue weighted by Gasteiger charge is -2.40. The molecule has 7 nitrogen and oxygen atoms in total. The standard InChI is InChI=1S/C21H27N3O4/c1-4-14-15-7-12(5-6-16(15)23-18(14)25)20(27)24-9-13(10-24)22-19(26)17-8-21(2,3)11-28-17/h5-7,13-14,17H,4,8-11H2,1-3H3,(H,22,26)(H,23,25). The molecule has 0 spiro atoms. The van der Waals surface area contributed by atoms with Crippen LogP contribution in [0.2, 0.25) is 0 Å². The number of nitrogens with one attached hydrogen (secondary N) is 2. The molecule has 28 heavy (non-hydrogen) atoms. The van der Waals surface area contributed by atoms with Gasteiger partial charge < -0.3 is 20.3 Å². The van der Waals surface area contributed by atoms with Gasteiger partial charge in [-0.3, -0.25) is 14.4 Å². The Morgan fingerprint density at radius 1 is 1.32 bits per heavy atom. The van der Waals surface area contributed by atoms with Crippen LogP contribution in [-0.4, -0.2) is 54.5 Å². The number of carbonyl (C=O) groups excluding carboxylic acids is 3. The molecule has 0 saturated carbocycles. The van der Waals surface area contributed by atoms with E-state index < -0.39 is 6.10 Å². The van der Waals surface area contributed by atoms with Gasteiger partial charge in [0.05, 0.1) is 18.6 Å². The molecule has 0 aliphatic carbocycles. The van der Waals surface area contributed by atoms with Gasteiger partial charge in [0.1, 0.15) is 6.10 Å². The summed E-state index contributed by atoms with van der Waals surface area (Å²) in [6, 6.07) is 5.34. The third-order valence-electron chi connectivity index (χ3n) is 5.88. The van der Waals surface area contributed by atoms with E-state index in [0.29, 0.717) is 38.1 Å². The number of hydrogen-bond donors (Lipinski definition) is 2. The first-order valence-corrected chi connectivity index (χ1v) is 9.93. The van der Waals surface area contributed by atoms with Crippen LogP contribution >= 0.6 is 0 Å². The molecule has 7 heteroatoms. The van der Waals surface area contributed by atoms with Crippen molar-refractivity contribution in [3.05, 3.63) is 29.3 Å². The van der Waals surface area contributed by atoms with Gasteiger partial charge in [-0.1, -0.05) is 20.8 Å². The van der Waals surface area contributed by atoms with Gasteiger partial charge in [-0.2, -0.15) is 0 Å². The van der Waals surface area contributed by atoms with Crippen molar-refractivity contribution in [1.29, 1.82) is 0 Å². The molecule has 0 aromatic heterocycles. The number of fused-ring (bicyclic) bond motifs is 1. The maximum Gasteiger partial charge on any atom is 0.254 e. The highest BCUT2D eigenvalue weighted by molar-refractivity contribution is 6.04. The van der Waals surface area contributed by atoms with Crippen LogP contribution in [0.15, 0.2) is 18.2 Å². The van der Waals surface area contributed by atoms with Crippen LogP contribution in [0, 0.1) is 5.41 Å². The minimum Gasteiger partial charge on any atom is -0.368 e. The molecule has 4 rings (SSSR count). The highest BCUT2D eigenvalue weighted by Crippen LogP contribution is 2.35. The molecule has 1 aromatic rings. The van der Waals surface area contributed by atoms with Gasteiger partial charge in [-0.05, 0) is 42.0 Å². The van der Waals surface area contributed by atoms with E-state index in [1.54, 1.807) is 17.0 Å². The molecule has 3 aliphatic heterocycles. The first-order chi connectivity index (χ1) is 13.3. The molecular formula is C21H27N3O4. The summed E-state index contributed by atoms with van der Waals surface area (Å²) in [5.74, 6) is -0.357. The average molecular weight is 385 g/mol. The van der Waals surface area contributed by atoms with Crippen molar-refractivity contribution in [1.82, 2.24) is 10.2 Å². The lowest BCUT2D eigenvalue weighted by atomic mass is 9.90. The molecule has 2 fully saturated rings. The van der Waals surface area contributed by atoms with E-state index in [9.17, 15) is 14.4 Å². The fourth-order valence-corrected chi connectivity index (χ4v) is 4.19. The predicted octanol–water partition coefficient (Wildman–Crippen LogP) is 1.89. The molecule has 3 heterocycles. The third kappa shape index (κ3) is 3.39. The Balaban J connectivity index is 1.33. The first kappa shape index (κ1) is 18.9. The van der Waals surface area contributed by atoms with Crippen LogP contribution in [0.4, 0.5) is 5.69 Å². The van der Waals surface area contributed by atoms with Crippen molar-refractivity contribution in [2.24, 2.45) is 5.41 Å². The van der Waals surface area contributed by atoms with Crippen molar-refractivity contribution < 1.29 is 19.1 Å². The van der Waals surface area contributed by atoms with Gasteiger partial charge in [0.25, 0.3) is 5.91 Å². The van der Waals surface area contributed by atoms with E-state index in [2.05, 4.69) is 24.5 Å². The number of hydrogen-bond acceptors (Lipinski definition) is 4. The molecule has 150 valence electrons. The van der Waals surface area contributed by atoms with E-state index >= 15 is 0 Å². The molecule has 0 radical (unpaired) electrons. The second kappa shape index (κ2) is 6.88. The number of rotatable bonds is 4. The molecule has 2 saturated heterocycles. The van der Waals surface area contributed by atoms with Gasteiger partial charge in [0, 0.05) is 24.3 Å². The van der Waals surface area contributed by atoms with E-state index in [1.807, 2.05) is 13.0 Å². The second-order valence-corrected chi connectivity index (χ2v) is 8.84. The molecule has 3 aliphatic rings. The Bertz CT molecular complexity index is 829. The highest BCUT2D eigenvalue weighted by Gasteiger charge is 2.39. The maximum absolute atomic E-state index is 12.8. The number of carbonyl (C=O) groups is 3. The summed E-state index contributed by atoms with van der Waals surface area (Å²) in [4.78, 5) is 38.8. The van der Waals surface area contributed by atoms with Crippen molar-refractivity contribution in [2.45, 2.75) is 51.7 Å². The van der Waals surface area contributed by atoms with Crippen molar-refractivity contribution in [3.8, 4) is 0 Å². The van der Waals surface area contributed by atoms with Gasteiger partial charge in [0.15, 0.2) is 0 Å². The summed E-state index contributed by atoms with van der Waals surface area (Å²) in [6.07, 6.45) is 1.02. The van der Waals surface area contributed by atoms with Gasteiger partial charge >= 0.3 is 0 Å². The van der Waals surface area contributed by atoms with Gasteiger partial charge in [-0.25, -0.2) is 0 Å². The quantitative estimate of drug-likeness (QED) is 0.829. The van der Waals surface area contributed by atoms with Gasteiger partial charge in [0.2, 0.25) is 11.8 Å². The van der Waals surface area contributed by atoms with Crippen LogP contribution in [0.25, 0.3) is 0 Å². The van der Waals surface area contributed by atoms with Crippen LogP contribution in [0.5, 0.6) is 0 Å². The van der Waals surface area contributed by atoms with Crippen LogP contribution in [0.1, 0.15) is 55.5 Å². The highest BCUT2D eigenvalue weighted by atomic mass is 16.5. The van der Waals surface area contributed by atoms with Crippen LogP contribution in [0.3, 0.4) is 0 Å². The first-order valence-electron chi connectivity index (χ1n) is 9.93. The number of ether oxygens (including phenoxy) is 1.